The topological polar surface area (TPSA) is 227 Å². The van der Waals surface area contributed by atoms with Gasteiger partial charge < -0.3 is 22.1 Å². The highest BCUT2D eigenvalue weighted by Crippen LogP contribution is 2.37. The zero-order valence-corrected chi connectivity index (χ0v) is 30.9. The lowest BCUT2D eigenvalue weighted by Gasteiger charge is -2.20. The van der Waals surface area contributed by atoms with Gasteiger partial charge >= 0.3 is 0 Å². The number of hydrogen-bond acceptors (Lipinski definition) is 14. The summed E-state index contributed by atoms with van der Waals surface area (Å²) >= 11 is 0. The van der Waals surface area contributed by atoms with E-state index < -0.39 is 0 Å². The van der Waals surface area contributed by atoms with Gasteiger partial charge in [-0.1, -0.05) is 12.1 Å². The monoisotopic (exact) mass is 770 g/mol. The predicted octanol–water partition coefficient (Wildman–Crippen LogP) is 7.71. The third-order valence-corrected chi connectivity index (χ3v) is 9.24. The van der Waals surface area contributed by atoms with Crippen LogP contribution in [0.3, 0.4) is 0 Å². The van der Waals surface area contributed by atoms with Crippen LogP contribution < -0.4 is 22.1 Å². The van der Waals surface area contributed by atoms with Crippen LogP contribution in [0.5, 0.6) is 0 Å². The molecule has 6 heterocycles. The Kier molecular flexibility index (Phi) is 10.9. The van der Waals surface area contributed by atoms with Crippen LogP contribution in [0.1, 0.15) is 48.2 Å². The molecule has 8 aromatic rings. The number of nitrogens with two attached hydrogens (primary N) is 2. The Bertz CT molecular complexity index is 2670. The Hall–Kier alpha value is -8.24. The summed E-state index contributed by atoms with van der Waals surface area (Å²) in [6, 6.07) is 20.1. The lowest BCUT2D eigenvalue weighted by atomic mass is 9.94. The number of nitrogens with one attached hydrogen (secondary N) is 2. The zero-order valence-electron chi connectivity index (χ0n) is 30.9. The summed E-state index contributed by atoms with van der Waals surface area (Å²) in [5.74, 6) is 0.189. The van der Waals surface area contributed by atoms with Crippen LogP contribution in [0.15, 0.2) is 110 Å². The van der Waals surface area contributed by atoms with Gasteiger partial charge in [0.15, 0.2) is 0 Å². The van der Waals surface area contributed by atoms with E-state index in [1.807, 2.05) is 50.3 Å². The number of nitrogens with zero attached hydrogens (tertiary/aromatic N) is 10. The molecule has 0 amide bonds. The molecule has 0 spiro atoms. The summed E-state index contributed by atoms with van der Waals surface area (Å²) in [6.07, 6.45) is 12.9. The molecule has 8 rings (SSSR count). The fourth-order valence-corrected chi connectivity index (χ4v) is 6.49. The highest BCUT2D eigenvalue weighted by Gasteiger charge is 2.21. The molecule has 284 valence electrons. The van der Waals surface area contributed by atoms with E-state index in [9.17, 15) is 19.3 Å². The number of nitrogen functional groups attached to an aromatic ring is 2. The number of fused-ring (bicyclic) bond motifs is 2. The van der Waals surface area contributed by atoms with Gasteiger partial charge in [-0.3, -0.25) is 19.9 Å². The second kappa shape index (κ2) is 16.6. The SMILES string of the molecule is C[C@@H](Nc1ncnc(N)c1C#N)c1cnc2cc(F)ccc2c1-c1cccnc1.C[C@H](Nc1ncnc(N)c1C#N)c1cnc2cc(F)ccc2c1-c1cccnc1. The van der Waals surface area contributed by atoms with E-state index in [4.69, 9.17) is 11.5 Å². The molecule has 0 saturated carbocycles. The van der Waals surface area contributed by atoms with Crippen LogP contribution in [0.25, 0.3) is 44.1 Å². The third-order valence-electron chi connectivity index (χ3n) is 9.24. The van der Waals surface area contributed by atoms with Crippen molar-refractivity contribution in [3.8, 4) is 34.4 Å². The molecule has 58 heavy (non-hydrogen) atoms. The van der Waals surface area contributed by atoms with Crippen LogP contribution in [0.2, 0.25) is 0 Å². The summed E-state index contributed by atoms with van der Waals surface area (Å²) in [5, 5.41) is 26.8. The quantitative estimate of drug-likeness (QED) is 0.116. The van der Waals surface area contributed by atoms with E-state index in [-0.39, 0.29) is 46.5 Å². The predicted molar refractivity (Wildman–Crippen MR) is 216 cm³/mol. The maximum absolute atomic E-state index is 13.7. The number of pyridine rings is 4. The molecular weight excluding hydrogens is 739 g/mol. The number of hydrogen-bond donors (Lipinski definition) is 4. The van der Waals surface area contributed by atoms with E-state index in [1.54, 1.807) is 49.3 Å². The van der Waals surface area contributed by atoms with E-state index >= 15 is 0 Å². The molecule has 2 aromatic carbocycles. The Balaban J connectivity index is 0.000000177. The van der Waals surface area contributed by atoms with Crippen LogP contribution in [-0.4, -0.2) is 39.9 Å². The molecule has 0 aliphatic heterocycles. The summed E-state index contributed by atoms with van der Waals surface area (Å²) in [5.41, 5.74) is 18.2. The van der Waals surface area contributed by atoms with Gasteiger partial charge in [-0.15, -0.1) is 0 Å². The van der Waals surface area contributed by atoms with Crippen LogP contribution in [0.4, 0.5) is 32.1 Å². The van der Waals surface area contributed by atoms with E-state index in [1.165, 1.54) is 36.9 Å². The molecule has 6 aromatic heterocycles. The first-order chi connectivity index (χ1) is 28.2. The summed E-state index contributed by atoms with van der Waals surface area (Å²) in [6.45, 7) is 3.84. The average molecular weight is 771 g/mol. The van der Waals surface area contributed by atoms with Gasteiger partial charge in [-0.25, -0.2) is 28.7 Å². The minimum absolute atomic E-state index is 0.108. The van der Waals surface area contributed by atoms with Crippen molar-refractivity contribution in [3.63, 3.8) is 0 Å². The van der Waals surface area contributed by atoms with Crippen molar-refractivity contribution in [1.82, 2.24) is 39.9 Å². The van der Waals surface area contributed by atoms with Gasteiger partial charge in [-0.2, -0.15) is 10.5 Å². The standard InChI is InChI=1S/2C21H16FN7/c2*1-12(29-21-16(8-23)20(24)27-11-28-21)17-10-26-18-7-14(22)4-5-15(18)19(17)13-3-2-6-25-9-13/h2*2-7,9-12H,1H3,(H3,24,27,28,29)/t2*12-/m10/s1. The Morgan fingerprint density at radius 2 is 1.02 bits per heavy atom. The Morgan fingerprint density at radius 1 is 0.586 bits per heavy atom. The summed E-state index contributed by atoms with van der Waals surface area (Å²) in [4.78, 5) is 33.3. The van der Waals surface area contributed by atoms with Crippen LogP contribution >= 0.6 is 0 Å². The first-order valence-corrected chi connectivity index (χ1v) is 17.7. The fourth-order valence-electron chi connectivity index (χ4n) is 6.49. The number of halogens is 2. The minimum atomic E-state index is -0.351. The van der Waals surface area contributed by atoms with Gasteiger partial charge in [0, 0.05) is 82.3 Å². The summed E-state index contributed by atoms with van der Waals surface area (Å²) < 4.78 is 27.4. The molecule has 0 bridgehead atoms. The second-order valence-corrected chi connectivity index (χ2v) is 12.9. The lowest BCUT2D eigenvalue weighted by Crippen LogP contribution is -2.12. The van der Waals surface area contributed by atoms with Crippen molar-refractivity contribution < 1.29 is 8.78 Å². The molecule has 16 heteroatoms. The summed E-state index contributed by atoms with van der Waals surface area (Å²) in [7, 11) is 0. The Morgan fingerprint density at radius 3 is 1.40 bits per heavy atom. The Labute approximate surface area is 330 Å². The van der Waals surface area contributed by atoms with Crippen molar-refractivity contribution in [2.75, 3.05) is 22.1 Å². The van der Waals surface area contributed by atoms with Gasteiger partial charge in [0.25, 0.3) is 0 Å². The average Bonchev–Trinajstić information content (AvgIpc) is 3.23. The molecule has 14 nitrogen and oxygen atoms in total. The van der Waals surface area contributed by atoms with Crippen molar-refractivity contribution in [2.24, 2.45) is 0 Å². The van der Waals surface area contributed by atoms with E-state index in [0.717, 1.165) is 44.2 Å². The van der Waals surface area contributed by atoms with Crippen LogP contribution in [-0.2, 0) is 0 Å². The first kappa shape index (κ1) is 38.1. The highest BCUT2D eigenvalue weighted by atomic mass is 19.1. The first-order valence-electron chi connectivity index (χ1n) is 17.7. The molecule has 0 unspecified atom stereocenters. The van der Waals surface area contributed by atoms with Crippen molar-refractivity contribution in [1.29, 1.82) is 10.5 Å². The number of aromatic nitrogens is 8. The molecule has 0 aliphatic carbocycles. The van der Waals surface area contributed by atoms with Crippen molar-refractivity contribution in [3.05, 3.63) is 144 Å². The molecular formula is C42H32F2N14. The number of benzene rings is 2. The maximum atomic E-state index is 13.7. The third kappa shape index (κ3) is 7.79. The van der Waals surface area contributed by atoms with E-state index in [0.29, 0.717) is 22.7 Å². The normalized spacial score (nSPS) is 11.8. The molecule has 0 radical (unpaired) electrons. The highest BCUT2D eigenvalue weighted by molar-refractivity contribution is 5.97. The fraction of sp³-hybridized carbons (Fsp3) is 0.0952. The molecule has 6 N–H and O–H groups in total. The molecule has 0 saturated heterocycles. The largest absolute Gasteiger partial charge is 0.382 e. The second-order valence-electron chi connectivity index (χ2n) is 12.9. The lowest BCUT2D eigenvalue weighted by molar-refractivity contribution is 0.629. The molecule has 0 fully saturated rings. The van der Waals surface area contributed by atoms with E-state index in [2.05, 4.69) is 50.5 Å². The van der Waals surface area contributed by atoms with Crippen molar-refractivity contribution in [2.45, 2.75) is 25.9 Å². The number of nitriles is 2. The van der Waals surface area contributed by atoms with Gasteiger partial charge in [0.05, 0.1) is 23.1 Å². The van der Waals surface area contributed by atoms with Crippen molar-refractivity contribution >= 4 is 45.1 Å². The zero-order chi connectivity index (χ0) is 40.8. The van der Waals surface area contributed by atoms with Gasteiger partial charge in [0.2, 0.25) is 0 Å². The molecule has 0 aliphatic rings. The number of anilines is 4. The van der Waals surface area contributed by atoms with Gasteiger partial charge in [-0.05, 0) is 61.4 Å². The number of rotatable bonds is 8. The minimum Gasteiger partial charge on any atom is -0.382 e. The smallest absolute Gasteiger partial charge is 0.150 e. The molecule has 2 atom stereocenters. The van der Waals surface area contributed by atoms with Gasteiger partial charge in [0.1, 0.15) is 70.8 Å². The van der Waals surface area contributed by atoms with Crippen LogP contribution in [0, 0.1) is 34.3 Å². The maximum Gasteiger partial charge on any atom is 0.150 e.